The number of urea groups is 1. The predicted octanol–water partition coefficient (Wildman–Crippen LogP) is 2.63. The molecule has 3 N–H and O–H groups in total. The molecule has 0 aliphatic heterocycles. The van der Waals surface area contributed by atoms with Crippen LogP contribution in [-0.2, 0) is 4.79 Å². The molecule has 1 aromatic carbocycles. The second-order valence-corrected chi connectivity index (χ2v) is 4.07. The Morgan fingerprint density at radius 3 is 2.74 bits per heavy atom. The zero-order valence-electron chi connectivity index (χ0n) is 9.82. The number of carboxylic acids is 1. The number of benzene rings is 1. The Balaban J connectivity index is 2.68. The molecule has 1 unspecified atom stereocenters. The van der Waals surface area contributed by atoms with E-state index in [1.165, 1.54) is 18.2 Å². The minimum atomic E-state index is -1.20. The molecule has 0 aromatic heterocycles. The summed E-state index contributed by atoms with van der Waals surface area (Å²) < 4.78 is 13.4. The molecule has 0 bridgehead atoms. The summed E-state index contributed by atoms with van der Waals surface area (Å²) in [5.41, 5.74) is -0.0929. The van der Waals surface area contributed by atoms with Gasteiger partial charge in [0.25, 0.3) is 0 Å². The highest BCUT2D eigenvalue weighted by Crippen LogP contribution is 2.18. The second-order valence-electron chi connectivity index (χ2n) is 3.64. The number of hydrogen-bond donors (Lipinski definition) is 3. The first-order valence-electron chi connectivity index (χ1n) is 5.30. The van der Waals surface area contributed by atoms with Gasteiger partial charge in [-0.3, -0.25) is 0 Å². The summed E-state index contributed by atoms with van der Waals surface area (Å²) in [5, 5.41) is 13.4. The molecule has 0 heterocycles. The summed E-state index contributed by atoms with van der Waals surface area (Å²) >= 11 is 5.56. The lowest BCUT2D eigenvalue weighted by atomic mass is 10.2. The molecule has 102 valence electrons. The first kappa shape index (κ1) is 15.0. The number of amides is 2. The minimum Gasteiger partial charge on any atom is -0.480 e. The maximum atomic E-state index is 13.4. The Morgan fingerprint density at radius 1 is 1.53 bits per heavy atom. The van der Waals surface area contributed by atoms with Crippen LogP contribution in [0.3, 0.4) is 0 Å². The first-order chi connectivity index (χ1) is 8.93. The van der Waals surface area contributed by atoms with Gasteiger partial charge in [0.1, 0.15) is 11.9 Å². The van der Waals surface area contributed by atoms with Crippen LogP contribution in [0.1, 0.15) is 6.42 Å². The Labute approximate surface area is 114 Å². The number of anilines is 1. The third-order valence-electron chi connectivity index (χ3n) is 2.19. The number of rotatable bonds is 5. The fourth-order valence-corrected chi connectivity index (χ4v) is 1.45. The van der Waals surface area contributed by atoms with E-state index < -0.39 is 23.9 Å². The zero-order chi connectivity index (χ0) is 14.4. The van der Waals surface area contributed by atoms with Crippen molar-refractivity contribution in [3.05, 3.63) is 41.7 Å². The highest BCUT2D eigenvalue weighted by Gasteiger charge is 2.18. The first-order valence-corrected chi connectivity index (χ1v) is 5.68. The lowest BCUT2D eigenvalue weighted by molar-refractivity contribution is -0.139. The monoisotopic (exact) mass is 286 g/mol. The molecule has 0 fully saturated rings. The number of carbonyl (C=O) groups excluding carboxylic acids is 1. The molecule has 0 radical (unpaired) electrons. The van der Waals surface area contributed by atoms with Crippen LogP contribution in [0.4, 0.5) is 14.9 Å². The van der Waals surface area contributed by atoms with Crippen molar-refractivity contribution >= 4 is 29.3 Å². The van der Waals surface area contributed by atoms with E-state index in [-0.39, 0.29) is 17.1 Å². The van der Waals surface area contributed by atoms with Gasteiger partial charge in [-0.15, -0.1) is 6.58 Å². The van der Waals surface area contributed by atoms with Gasteiger partial charge in [0, 0.05) is 5.02 Å². The SMILES string of the molecule is C=CCC(NC(=O)Nc1ccc(Cl)cc1F)C(=O)O. The van der Waals surface area contributed by atoms with E-state index in [2.05, 4.69) is 17.2 Å². The van der Waals surface area contributed by atoms with Crippen LogP contribution in [0.15, 0.2) is 30.9 Å². The van der Waals surface area contributed by atoms with Crippen LogP contribution in [0.2, 0.25) is 5.02 Å². The summed E-state index contributed by atoms with van der Waals surface area (Å²) in [5.74, 6) is -1.91. The number of hydrogen-bond acceptors (Lipinski definition) is 2. The van der Waals surface area contributed by atoms with Crippen molar-refractivity contribution in [1.82, 2.24) is 5.32 Å². The third kappa shape index (κ3) is 4.59. The summed E-state index contributed by atoms with van der Waals surface area (Å²) in [7, 11) is 0. The lowest BCUT2D eigenvalue weighted by Gasteiger charge is -2.13. The van der Waals surface area contributed by atoms with E-state index in [1.807, 2.05) is 0 Å². The minimum absolute atomic E-state index is 0.0614. The molecular formula is C12H12ClFN2O3. The van der Waals surface area contributed by atoms with Gasteiger partial charge in [0.2, 0.25) is 0 Å². The van der Waals surface area contributed by atoms with Gasteiger partial charge in [-0.1, -0.05) is 17.7 Å². The normalized spacial score (nSPS) is 11.5. The van der Waals surface area contributed by atoms with Gasteiger partial charge in [0.05, 0.1) is 5.69 Å². The van der Waals surface area contributed by atoms with Crippen molar-refractivity contribution in [2.75, 3.05) is 5.32 Å². The number of aliphatic carboxylic acids is 1. The molecule has 0 aliphatic carbocycles. The second kappa shape index (κ2) is 6.75. The number of carbonyl (C=O) groups is 2. The van der Waals surface area contributed by atoms with Crippen LogP contribution < -0.4 is 10.6 Å². The number of carboxylic acid groups (broad SMARTS) is 1. The predicted molar refractivity (Wildman–Crippen MR) is 69.8 cm³/mol. The van der Waals surface area contributed by atoms with Crippen molar-refractivity contribution in [3.63, 3.8) is 0 Å². The van der Waals surface area contributed by atoms with Gasteiger partial charge in [-0.2, -0.15) is 0 Å². The Morgan fingerprint density at radius 2 is 2.21 bits per heavy atom. The standard InChI is InChI=1S/C12H12ClFN2O3/c1-2-3-10(11(17)18)16-12(19)15-9-5-4-7(13)6-8(9)14/h2,4-6,10H,1,3H2,(H,17,18)(H2,15,16,19). The smallest absolute Gasteiger partial charge is 0.326 e. The molecule has 7 heteroatoms. The van der Waals surface area contributed by atoms with E-state index in [9.17, 15) is 14.0 Å². The molecule has 1 aromatic rings. The van der Waals surface area contributed by atoms with Crippen LogP contribution in [0.5, 0.6) is 0 Å². The molecule has 19 heavy (non-hydrogen) atoms. The van der Waals surface area contributed by atoms with Crippen LogP contribution in [-0.4, -0.2) is 23.1 Å². The maximum Gasteiger partial charge on any atom is 0.326 e. The summed E-state index contributed by atoms with van der Waals surface area (Å²) in [6, 6.07) is 1.78. The largest absolute Gasteiger partial charge is 0.480 e. The van der Waals surface area contributed by atoms with E-state index in [0.717, 1.165) is 6.07 Å². The topological polar surface area (TPSA) is 78.4 Å². The fourth-order valence-electron chi connectivity index (χ4n) is 1.30. The van der Waals surface area contributed by atoms with E-state index in [1.54, 1.807) is 0 Å². The quantitative estimate of drug-likeness (QED) is 0.728. The molecule has 0 aliphatic rings. The molecule has 5 nitrogen and oxygen atoms in total. The highest BCUT2D eigenvalue weighted by molar-refractivity contribution is 6.30. The fraction of sp³-hybridized carbons (Fsp3) is 0.167. The van der Waals surface area contributed by atoms with Crippen LogP contribution in [0.25, 0.3) is 0 Å². The Bertz CT molecular complexity index is 508. The van der Waals surface area contributed by atoms with Gasteiger partial charge >= 0.3 is 12.0 Å². The number of halogens is 2. The van der Waals surface area contributed by atoms with Gasteiger partial charge in [-0.05, 0) is 24.6 Å². The van der Waals surface area contributed by atoms with E-state index in [4.69, 9.17) is 16.7 Å². The van der Waals surface area contributed by atoms with Crippen molar-refractivity contribution in [2.24, 2.45) is 0 Å². The lowest BCUT2D eigenvalue weighted by Crippen LogP contribution is -2.42. The molecule has 0 saturated heterocycles. The van der Waals surface area contributed by atoms with Gasteiger partial charge in [-0.25, -0.2) is 14.0 Å². The van der Waals surface area contributed by atoms with Crippen molar-refractivity contribution in [3.8, 4) is 0 Å². The van der Waals surface area contributed by atoms with Crippen LogP contribution >= 0.6 is 11.6 Å². The summed E-state index contributed by atoms with van der Waals surface area (Å²) in [4.78, 5) is 22.3. The average molecular weight is 287 g/mol. The molecule has 0 saturated carbocycles. The molecule has 2 amide bonds. The number of nitrogens with one attached hydrogen (secondary N) is 2. The van der Waals surface area contributed by atoms with Crippen molar-refractivity contribution in [2.45, 2.75) is 12.5 Å². The summed E-state index contributed by atoms with van der Waals surface area (Å²) in [6.45, 7) is 3.39. The third-order valence-corrected chi connectivity index (χ3v) is 2.42. The highest BCUT2D eigenvalue weighted by atomic mass is 35.5. The molecule has 0 spiro atoms. The zero-order valence-corrected chi connectivity index (χ0v) is 10.6. The average Bonchev–Trinajstić information content (AvgIpc) is 2.32. The van der Waals surface area contributed by atoms with Gasteiger partial charge in [0.15, 0.2) is 0 Å². The van der Waals surface area contributed by atoms with Crippen molar-refractivity contribution < 1.29 is 19.1 Å². The molecular weight excluding hydrogens is 275 g/mol. The maximum absolute atomic E-state index is 13.4. The van der Waals surface area contributed by atoms with E-state index >= 15 is 0 Å². The Kier molecular flexibility index (Phi) is 5.32. The molecule has 1 atom stereocenters. The summed E-state index contributed by atoms with van der Waals surface area (Å²) in [6.07, 6.45) is 1.42. The van der Waals surface area contributed by atoms with E-state index in [0.29, 0.717) is 0 Å². The Hall–Kier alpha value is -2.08. The van der Waals surface area contributed by atoms with Gasteiger partial charge < -0.3 is 15.7 Å². The van der Waals surface area contributed by atoms with Crippen molar-refractivity contribution in [1.29, 1.82) is 0 Å². The molecule has 1 rings (SSSR count). The van der Waals surface area contributed by atoms with Crippen LogP contribution in [0, 0.1) is 5.82 Å².